The number of benzene rings is 3. The van der Waals surface area contributed by atoms with Crippen LogP contribution in [-0.4, -0.2) is 10.2 Å². The van der Waals surface area contributed by atoms with Crippen LogP contribution in [0.25, 0.3) is 0 Å². The highest BCUT2D eigenvalue weighted by Gasteiger charge is 2.09. The maximum atomic E-state index is 9.98. The first kappa shape index (κ1) is 18.8. The Morgan fingerprint density at radius 3 is 1.89 bits per heavy atom. The highest BCUT2D eigenvalue weighted by atomic mass is 35.5. The molecule has 3 aromatic carbocycles. The molecule has 0 fully saturated rings. The summed E-state index contributed by atoms with van der Waals surface area (Å²) in [5.74, 6) is -0.484. The average Bonchev–Trinajstić information content (AvgIpc) is 2.63. The topological polar surface area (TPSA) is 89.9 Å². The number of aromatic hydroxyl groups is 2. The highest BCUT2D eigenvalue weighted by Crippen LogP contribution is 2.40. The fourth-order valence-electron chi connectivity index (χ4n) is 2.11. The van der Waals surface area contributed by atoms with Crippen molar-refractivity contribution in [3.63, 3.8) is 0 Å². The molecule has 0 aliphatic rings. The first-order chi connectivity index (χ1) is 12.9. The molecule has 0 saturated carbocycles. The summed E-state index contributed by atoms with van der Waals surface area (Å²) in [6.45, 7) is 1.97. The van der Waals surface area contributed by atoms with E-state index in [1.165, 1.54) is 12.1 Å². The van der Waals surface area contributed by atoms with Crippen LogP contribution in [0.4, 0.5) is 22.7 Å². The number of azo groups is 2. The van der Waals surface area contributed by atoms with Gasteiger partial charge in [-0.15, -0.1) is 15.3 Å². The quantitative estimate of drug-likeness (QED) is 0.442. The number of halogens is 2. The van der Waals surface area contributed by atoms with Crippen molar-refractivity contribution in [1.29, 1.82) is 0 Å². The van der Waals surface area contributed by atoms with Crippen molar-refractivity contribution in [3.8, 4) is 11.5 Å². The third-order valence-electron chi connectivity index (χ3n) is 3.55. The number of rotatable bonds is 4. The summed E-state index contributed by atoms with van der Waals surface area (Å²) in [5.41, 5.74) is 2.37. The van der Waals surface area contributed by atoms with Gasteiger partial charge < -0.3 is 10.2 Å². The Morgan fingerprint density at radius 1 is 0.667 bits per heavy atom. The van der Waals surface area contributed by atoms with Gasteiger partial charge in [0.25, 0.3) is 0 Å². The van der Waals surface area contributed by atoms with E-state index < -0.39 is 0 Å². The zero-order valence-corrected chi connectivity index (χ0v) is 15.6. The third kappa shape index (κ3) is 4.81. The van der Waals surface area contributed by atoms with Crippen LogP contribution >= 0.6 is 23.2 Å². The van der Waals surface area contributed by atoms with E-state index in [1.54, 1.807) is 24.3 Å². The van der Waals surface area contributed by atoms with E-state index in [0.717, 1.165) is 11.6 Å². The summed E-state index contributed by atoms with van der Waals surface area (Å²) < 4.78 is 0. The monoisotopic (exact) mass is 400 g/mol. The summed E-state index contributed by atoms with van der Waals surface area (Å²) in [6, 6.07) is 14.7. The molecule has 6 nitrogen and oxygen atoms in total. The van der Waals surface area contributed by atoms with Crippen molar-refractivity contribution in [1.82, 2.24) is 0 Å². The van der Waals surface area contributed by atoms with Crippen molar-refractivity contribution in [2.75, 3.05) is 0 Å². The molecule has 8 heteroatoms. The second-order valence-corrected chi connectivity index (χ2v) is 6.50. The van der Waals surface area contributed by atoms with Crippen molar-refractivity contribution in [3.05, 3.63) is 70.2 Å². The van der Waals surface area contributed by atoms with Gasteiger partial charge in [0.05, 0.1) is 10.7 Å². The molecule has 27 heavy (non-hydrogen) atoms. The van der Waals surface area contributed by atoms with E-state index in [-0.39, 0.29) is 22.9 Å². The van der Waals surface area contributed by atoms with Gasteiger partial charge in [0.15, 0.2) is 0 Å². The molecule has 0 atom stereocenters. The Morgan fingerprint density at radius 2 is 1.26 bits per heavy atom. The van der Waals surface area contributed by atoms with Crippen LogP contribution in [-0.2, 0) is 0 Å². The number of aryl methyl sites for hydroxylation is 1. The minimum absolute atomic E-state index is 0.108. The maximum Gasteiger partial charge on any atom is 0.146 e. The van der Waals surface area contributed by atoms with Crippen molar-refractivity contribution in [2.45, 2.75) is 6.92 Å². The van der Waals surface area contributed by atoms with Gasteiger partial charge in [-0.25, -0.2) is 0 Å². The SMILES string of the molecule is Cc1ccc(N=Nc2cc(N=Nc3ccc(Cl)cc3Cl)c(O)cc2O)cc1. The lowest BCUT2D eigenvalue weighted by Gasteiger charge is -2.03. The van der Waals surface area contributed by atoms with E-state index in [9.17, 15) is 10.2 Å². The van der Waals surface area contributed by atoms with Crippen LogP contribution in [0.15, 0.2) is 75.1 Å². The molecule has 3 aromatic rings. The Hall–Kier alpha value is -2.96. The van der Waals surface area contributed by atoms with Crippen LogP contribution < -0.4 is 0 Å². The molecule has 3 rings (SSSR count). The number of phenols is 2. The van der Waals surface area contributed by atoms with Crippen molar-refractivity contribution in [2.24, 2.45) is 20.5 Å². The molecule has 0 aliphatic carbocycles. The molecular formula is C19H14Cl2N4O2. The first-order valence-corrected chi connectivity index (χ1v) is 8.59. The molecule has 0 saturated heterocycles. The van der Waals surface area contributed by atoms with Gasteiger partial charge in [0, 0.05) is 17.2 Å². The van der Waals surface area contributed by atoms with Gasteiger partial charge in [0.1, 0.15) is 28.6 Å². The van der Waals surface area contributed by atoms with Crippen molar-refractivity contribution < 1.29 is 10.2 Å². The van der Waals surface area contributed by atoms with Gasteiger partial charge in [-0.05, 0) is 37.3 Å². The first-order valence-electron chi connectivity index (χ1n) is 7.83. The van der Waals surface area contributed by atoms with E-state index in [4.69, 9.17) is 23.2 Å². The second kappa shape index (κ2) is 8.16. The molecule has 0 aromatic heterocycles. The lowest BCUT2D eigenvalue weighted by molar-refractivity contribution is 0.452. The predicted octanol–water partition coefficient (Wildman–Crippen LogP) is 7.54. The molecule has 136 valence electrons. The largest absolute Gasteiger partial charge is 0.505 e. The number of hydrogen-bond acceptors (Lipinski definition) is 6. The number of nitrogens with zero attached hydrogens (tertiary/aromatic N) is 4. The molecule has 0 amide bonds. The van der Waals surface area contributed by atoms with Gasteiger partial charge >= 0.3 is 0 Å². The molecular weight excluding hydrogens is 387 g/mol. The Kier molecular flexibility index (Phi) is 5.69. The molecule has 0 heterocycles. The summed E-state index contributed by atoms with van der Waals surface area (Å²) in [5, 5.41) is 36.8. The minimum Gasteiger partial charge on any atom is -0.505 e. The van der Waals surface area contributed by atoms with Crippen LogP contribution in [0, 0.1) is 6.92 Å². The van der Waals surface area contributed by atoms with E-state index in [2.05, 4.69) is 20.5 Å². The van der Waals surface area contributed by atoms with Gasteiger partial charge in [0.2, 0.25) is 0 Å². The molecule has 0 bridgehead atoms. The van der Waals surface area contributed by atoms with Crippen LogP contribution in [0.5, 0.6) is 11.5 Å². The fourth-order valence-corrected chi connectivity index (χ4v) is 2.55. The molecule has 0 unspecified atom stereocenters. The minimum atomic E-state index is -0.254. The third-order valence-corrected chi connectivity index (χ3v) is 4.09. The maximum absolute atomic E-state index is 9.98. The van der Waals surface area contributed by atoms with Crippen LogP contribution in [0.1, 0.15) is 5.56 Å². The van der Waals surface area contributed by atoms with E-state index in [1.807, 2.05) is 19.1 Å². The van der Waals surface area contributed by atoms with E-state index >= 15 is 0 Å². The van der Waals surface area contributed by atoms with Gasteiger partial charge in [-0.2, -0.15) is 5.11 Å². The van der Waals surface area contributed by atoms with Crippen LogP contribution in [0.2, 0.25) is 10.0 Å². The number of phenolic OH excluding ortho intramolecular Hbond substituents is 2. The summed E-state index contributed by atoms with van der Waals surface area (Å²) in [6.07, 6.45) is 0. The average molecular weight is 401 g/mol. The Bertz CT molecular complexity index is 1030. The zero-order valence-electron chi connectivity index (χ0n) is 14.1. The molecule has 0 radical (unpaired) electrons. The van der Waals surface area contributed by atoms with E-state index in [0.29, 0.717) is 21.4 Å². The summed E-state index contributed by atoms with van der Waals surface area (Å²) in [4.78, 5) is 0. The standard InChI is InChI=1S/C19H14Cl2N4O2/c1-11-2-5-13(6-3-11)22-24-16-9-17(19(27)10-18(16)26)25-23-15-7-4-12(20)8-14(15)21/h2-10,26-27H,1H3. The second-order valence-electron chi connectivity index (χ2n) is 5.66. The lowest BCUT2D eigenvalue weighted by Crippen LogP contribution is -1.73. The Balaban J connectivity index is 1.89. The fraction of sp³-hybridized carbons (Fsp3) is 0.0526. The highest BCUT2D eigenvalue weighted by molar-refractivity contribution is 6.36. The molecule has 0 aliphatic heterocycles. The van der Waals surface area contributed by atoms with Gasteiger partial charge in [-0.1, -0.05) is 40.9 Å². The molecule has 0 spiro atoms. The zero-order chi connectivity index (χ0) is 19.4. The normalized spacial score (nSPS) is 11.5. The van der Waals surface area contributed by atoms with Crippen molar-refractivity contribution >= 4 is 46.0 Å². The number of hydrogen-bond donors (Lipinski definition) is 2. The summed E-state index contributed by atoms with van der Waals surface area (Å²) in [7, 11) is 0. The smallest absolute Gasteiger partial charge is 0.146 e. The lowest BCUT2D eigenvalue weighted by atomic mass is 10.2. The molecule has 2 N–H and O–H groups in total. The van der Waals surface area contributed by atoms with Gasteiger partial charge in [-0.3, -0.25) is 0 Å². The Labute approximate surface area is 165 Å². The summed E-state index contributed by atoms with van der Waals surface area (Å²) >= 11 is 11.9. The van der Waals surface area contributed by atoms with Crippen LogP contribution in [0.3, 0.4) is 0 Å². The predicted molar refractivity (Wildman–Crippen MR) is 106 cm³/mol.